The van der Waals surface area contributed by atoms with Crippen LogP contribution in [0.2, 0.25) is 0 Å². The maximum Gasteiger partial charge on any atom is 0.257 e. The first-order valence-electron chi connectivity index (χ1n) is 21.1. The van der Waals surface area contributed by atoms with Crippen molar-refractivity contribution in [3.63, 3.8) is 0 Å². The van der Waals surface area contributed by atoms with Gasteiger partial charge in [-0.05, 0) is 116 Å². The van der Waals surface area contributed by atoms with Crippen molar-refractivity contribution in [1.82, 2.24) is 28.9 Å². The van der Waals surface area contributed by atoms with Crippen molar-refractivity contribution in [3.8, 4) is 17.0 Å². The third-order valence-corrected chi connectivity index (χ3v) is 15.1. The molecule has 0 spiro atoms. The zero-order valence-corrected chi connectivity index (χ0v) is 34.6. The lowest BCUT2D eigenvalue weighted by molar-refractivity contribution is -0.118. The fraction of sp³-hybridized carbons (Fsp3) is 0.533. The molecule has 4 fully saturated rings. The molecule has 2 saturated carbocycles. The maximum absolute atomic E-state index is 14.8. The Morgan fingerprint density at radius 1 is 0.912 bits per heavy atom. The summed E-state index contributed by atoms with van der Waals surface area (Å²) in [7, 11) is 0.152. The second-order valence-electron chi connectivity index (χ2n) is 17.7. The number of sulfonamides is 1. The van der Waals surface area contributed by atoms with Crippen LogP contribution in [0.3, 0.4) is 0 Å². The monoisotopic (exact) mass is 792 g/mol. The van der Waals surface area contributed by atoms with Crippen LogP contribution in [0.4, 0.5) is 0 Å². The number of methoxy groups -OCH3 is 1. The first-order valence-corrected chi connectivity index (χ1v) is 22.8. The number of aromatic nitrogens is 3. The molecule has 2 atom stereocenters. The Balaban J connectivity index is 1.20. The lowest BCUT2D eigenvalue weighted by atomic mass is 9.81. The zero-order chi connectivity index (χ0) is 39.6. The number of carbonyl (C=O) groups excluding carboxylic acids is 2. The zero-order valence-electron chi connectivity index (χ0n) is 33.8. The van der Waals surface area contributed by atoms with Crippen molar-refractivity contribution in [2.24, 2.45) is 5.92 Å². The van der Waals surface area contributed by atoms with Crippen LogP contribution in [-0.2, 0) is 27.8 Å². The molecule has 2 aromatic heterocycles. The number of amides is 2. The lowest BCUT2D eigenvalue weighted by Gasteiger charge is -2.39. The van der Waals surface area contributed by atoms with Gasteiger partial charge in [-0.25, -0.2) is 8.42 Å². The average molecular weight is 793 g/mol. The van der Waals surface area contributed by atoms with E-state index < -0.39 is 15.9 Å². The first-order chi connectivity index (χ1) is 27.5. The van der Waals surface area contributed by atoms with Gasteiger partial charge < -0.3 is 14.2 Å². The van der Waals surface area contributed by atoms with Crippen LogP contribution in [0.5, 0.6) is 5.75 Å². The number of allylic oxidation sites excluding steroid dienone is 1. The van der Waals surface area contributed by atoms with Crippen LogP contribution in [0.15, 0.2) is 42.6 Å². The largest absolute Gasteiger partial charge is 0.497 e. The predicted molar refractivity (Wildman–Crippen MR) is 224 cm³/mol. The van der Waals surface area contributed by atoms with Gasteiger partial charge in [-0.1, -0.05) is 45.2 Å². The second-order valence-corrected chi connectivity index (χ2v) is 19.5. The molecule has 0 radical (unpaired) electrons. The number of fused-ring (bicyclic) bond motifs is 7. The van der Waals surface area contributed by atoms with Crippen molar-refractivity contribution in [1.29, 1.82) is 0 Å². The van der Waals surface area contributed by atoms with E-state index in [0.29, 0.717) is 30.1 Å². The van der Waals surface area contributed by atoms with Crippen molar-refractivity contribution in [2.45, 2.75) is 115 Å². The molecule has 2 bridgehead atoms. The summed E-state index contributed by atoms with van der Waals surface area (Å²) in [5.74, 6) is 0.455. The quantitative estimate of drug-likeness (QED) is 0.178. The highest BCUT2D eigenvalue weighted by atomic mass is 32.2. The molecule has 2 aromatic carbocycles. The number of benzene rings is 2. The van der Waals surface area contributed by atoms with Crippen LogP contribution >= 0.6 is 0 Å². The molecule has 4 aromatic rings. The van der Waals surface area contributed by atoms with E-state index in [2.05, 4.69) is 61.2 Å². The molecule has 5 heterocycles. The van der Waals surface area contributed by atoms with Crippen LogP contribution in [-0.4, -0.2) is 89.5 Å². The summed E-state index contributed by atoms with van der Waals surface area (Å²) in [5, 5.41) is 6.16. The molecule has 3 aliphatic heterocycles. The molecule has 1 N–H and O–H groups in total. The average Bonchev–Trinajstić information content (AvgIpc) is 3.72. The highest BCUT2D eigenvalue weighted by Gasteiger charge is 2.41. The van der Waals surface area contributed by atoms with Gasteiger partial charge in [-0.3, -0.25) is 23.9 Å². The van der Waals surface area contributed by atoms with E-state index in [4.69, 9.17) is 9.84 Å². The van der Waals surface area contributed by atoms with E-state index >= 15 is 0 Å². The minimum absolute atomic E-state index is 0.0524. The number of nitrogens with zero attached hydrogens (tertiary/aromatic N) is 5. The highest BCUT2D eigenvalue weighted by molar-refractivity contribution is 7.90. The van der Waals surface area contributed by atoms with Crippen molar-refractivity contribution in [2.75, 3.05) is 33.0 Å². The summed E-state index contributed by atoms with van der Waals surface area (Å²) in [6.45, 7) is 5.60. The molecular weight excluding hydrogens is 737 g/mol. The second kappa shape index (κ2) is 15.1. The standard InChI is InChI=1S/C45H56N6O5S/c1-28(2)27-57(54,55)47-41(52)20-29-13-17-38-40(19-29)50-24-32(21-31-22-36(56-4)16-18-37(31)44(50)42(38)30-9-6-5-7-10-30)43-39(23-46-51(43)33-11-8-12-33)45(53)49-25-34-14-15-35(26-49)48(34)3/h13,16-19,21-23,28,30,33-35H,5-12,14-15,20,24-27H2,1-4H3,(H,47,52). The van der Waals surface area contributed by atoms with Gasteiger partial charge >= 0.3 is 0 Å². The topological polar surface area (TPSA) is 119 Å². The Morgan fingerprint density at radius 2 is 1.67 bits per heavy atom. The normalized spacial score (nSPS) is 21.6. The third-order valence-electron chi connectivity index (χ3n) is 13.4. The predicted octanol–water partition coefficient (Wildman–Crippen LogP) is 7.40. The molecule has 5 aliphatic rings. The SMILES string of the molecule is COc1ccc2c(c1)C=C(c1c(C(=O)N3CC4CCC(C3)N4C)cnn1C1CCC1)Cn1c-2c(C2CCCCC2)c2ccc(CC(=O)NS(=O)(=O)CC(C)C)cc21. The van der Waals surface area contributed by atoms with Crippen LogP contribution in [0.1, 0.15) is 123 Å². The van der Waals surface area contributed by atoms with Crippen molar-refractivity contribution < 1.29 is 22.7 Å². The molecule has 2 amide bonds. The molecular formula is C45H56N6O5S. The number of hydrogen-bond donors (Lipinski definition) is 1. The van der Waals surface area contributed by atoms with E-state index in [-0.39, 0.29) is 30.0 Å². The lowest BCUT2D eigenvalue weighted by Crippen LogP contribution is -2.53. The maximum atomic E-state index is 14.8. The van der Waals surface area contributed by atoms with Crippen LogP contribution < -0.4 is 9.46 Å². The van der Waals surface area contributed by atoms with E-state index in [0.717, 1.165) is 103 Å². The highest BCUT2D eigenvalue weighted by Crippen LogP contribution is 2.48. The van der Waals surface area contributed by atoms with Crippen LogP contribution in [0.25, 0.3) is 33.8 Å². The molecule has 12 heteroatoms. The third kappa shape index (κ3) is 7.11. The van der Waals surface area contributed by atoms with Crippen LogP contribution in [0, 0.1) is 5.92 Å². The smallest absolute Gasteiger partial charge is 0.257 e. The molecule has 57 heavy (non-hydrogen) atoms. The summed E-state index contributed by atoms with van der Waals surface area (Å²) in [6.07, 6.45) is 15.3. The fourth-order valence-corrected chi connectivity index (χ4v) is 11.8. The van der Waals surface area contributed by atoms with Gasteiger partial charge in [0.25, 0.3) is 5.91 Å². The van der Waals surface area contributed by atoms with E-state index in [1.165, 1.54) is 30.5 Å². The Kier molecular flexibility index (Phi) is 10.1. The Labute approximate surface area is 336 Å². The van der Waals surface area contributed by atoms with Gasteiger partial charge in [0, 0.05) is 41.6 Å². The molecule has 2 unspecified atom stereocenters. The van der Waals surface area contributed by atoms with E-state index in [9.17, 15) is 18.0 Å². The van der Waals surface area contributed by atoms with Crippen molar-refractivity contribution >= 4 is 44.4 Å². The first kappa shape index (κ1) is 38.1. The van der Waals surface area contributed by atoms with Gasteiger partial charge in [0.1, 0.15) is 5.75 Å². The summed E-state index contributed by atoms with van der Waals surface area (Å²) in [5.41, 5.74) is 8.98. The number of carbonyl (C=O) groups is 2. The minimum Gasteiger partial charge on any atom is -0.497 e. The molecule has 2 saturated heterocycles. The summed E-state index contributed by atoms with van der Waals surface area (Å²) < 4.78 is 38.1. The number of piperazine rings is 1. The molecule has 9 rings (SSSR count). The van der Waals surface area contributed by atoms with E-state index in [1.807, 2.05) is 32.2 Å². The molecule has 302 valence electrons. The Morgan fingerprint density at radius 3 is 2.35 bits per heavy atom. The van der Waals surface area contributed by atoms with Crippen molar-refractivity contribution in [3.05, 3.63) is 70.5 Å². The number of likely N-dealkylation sites (N-methyl/N-ethyl adjacent to an activating group) is 1. The number of nitrogens with one attached hydrogen (secondary N) is 1. The Hall–Kier alpha value is -4.42. The number of rotatable bonds is 10. The van der Waals surface area contributed by atoms with Gasteiger partial charge in [-0.15, -0.1) is 0 Å². The summed E-state index contributed by atoms with van der Waals surface area (Å²) in [4.78, 5) is 32.5. The Bertz CT molecular complexity index is 2350. The number of hydrogen-bond acceptors (Lipinski definition) is 7. The number of likely N-dealkylation sites (tertiary alicyclic amines) is 1. The summed E-state index contributed by atoms with van der Waals surface area (Å²) >= 11 is 0. The number of ether oxygens (including phenoxy) is 1. The minimum atomic E-state index is -3.74. The van der Waals surface area contributed by atoms with E-state index in [1.54, 1.807) is 7.11 Å². The molecule has 2 aliphatic carbocycles. The molecule has 11 nitrogen and oxygen atoms in total. The van der Waals surface area contributed by atoms with Gasteiger partial charge in [0.15, 0.2) is 0 Å². The van der Waals surface area contributed by atoms with Gasteiger partial charge in [-0.2, -0.15) is 5.10 Å². The van der Waals surface area contributed by atoms with Gasteiger partial charge in [0.05, 0.1) is 55.0 Å². The summed E-state index contributed by atoms with van der Waals surface area (Å²) in [6, 6.07) is 13.5. The van der Waals surface area contributed by atoms with Gasteiger partial charge in [0.2, 0.25) is 15.9 Å². The fourth-order valence-electron chi connectivity index (χ4n) is 10.4.